The molecule has 0 aliphatic rings. The quantitative estimate of drug-likeness (QED) is 0.712. The molecule has 3 N–H and O–H groups in total. The van der Waals surface area contributed by atoms with Crippen LogP contribution in [0.4, 0.5) is 0 Å². The van der Waals surface area contributed by atoms with Crippen LogP contribution in [0.1, 0.15) is 29.3 Å². The molecule has 1 aromatic rings. The number of aliphatic hydroxyl groups is 1. The maximum absolute atomic E-state index is 11.4. The average molecular weight is 207 g/mol. The van der Waals surface area contributed by atoms with Crippen LogP contribution < -0.4 is 5.73 Å². The van der Waals surface area contributed by atoms with Gasteiger partial charge in [-0.15, -0.1) is 0 Å². The van der Waals surface area contributed by atoms with Gasteiger partial charge in [-0.3, -0.25) is 4.79 Å². The van der Waals surface area contributed by atoms with E-state index in [2.05, 4.69) is 0 Å². The zero-order chi connectivity index (χ0) is 11.3. The number of Topliss-reactive ketones (excluding diaryl/α,β-unsaturated/α-hetero) is 1. The normalized spacial score (nSPS) is 12.5. The lowest BCUT2D eigenvalue weighted by atomic mass is 10.0. The van der Waals surface area contributed by atoms with Crippen LogP contribution in [0.5, 0.6) is 0 Å². The van der Waals surface area contributed by atoms with Gasteiger partial charge in [0, 0.05) is 12.0 Å². The lowest BCUT2D eigenvalue weighted by molar-refractivity contribution is 0.0985. The molecular formula is C12H17NO2. The third kappa shape index (κ3) is 3.81. The summed E-state index contributed by atoms with van der Waals surface area (Å²) in [6.45, 7) is 2.13. The Bertz CT molecular complexity index is 317. The van der Waals surface area contributed by atoms with Gasteiger partial charge >= 0.3 is 0 Å². The molecule has 1 atom stereocenters. The first kappa shape index (κ1) is 11.9. The van der Waals surface area contributed by atoms with Gasteiger partial charge in [-0.25, -0.2) is 0 Å². The second kappa shape index (κ2) is 5.63. The van der Waals surface area contributed by atoms with E-state index in [0.29, 0.717) is 24.9 Å². The van der Waals surface area contributed by atoms with E-state index in [-0.39, 0.29) is 11.9 Å². The lowest BCUT2D eigenvalue weighted by Crippen LogP contribution is -2.08. The highest BCUT2D eigenvalue weighted by Crippen LogP contribution is 2.08. The van der Waals surface area contributed by atoms with Crippen LogP contribution in [0.2, 0.25) is 0 Å². The van der Waals surface area contributed by atoms with Crippen LogP contribution in [0.25, 0.3) is 0 Å². The van der Waals surface area contributed by atoms with Crippen LogP contribution in [-0.4, -0.2) is 23.5 Å². The molecule has 0 fully saturated rings. The van der Waals surface area contributed by atoms with E-state index < -0.39 is 0 Å². The first-order chi connectivity index (χ1) is 7.13. The summed E-state index contributed by atoms with van der Waals surface area (Å²) in [6, 6.07) is 7.32. The van der Waals surface area contributed by atoms with Crippen LogP contribution >= 0.6 is 0 Å². The molecule has 0 saturated carbocycles. The second-order valence-corrected chi connectivity index (χ2v) is 3.71. The molecule has 0 radical (unpaired) electrons. The minimum atomic E-state index is -0.351. The van der Waals surface area contributed by atoms with Gasteiger partial charge < -0.3 is 10.8 Å². The number of carbonyl (C=O) groups is 1. The van der Waals surface area contributed by atoms with Crippen LogP contribution in [0, 0.1) is 0 Å². The van der Waals surface area contributed by atoms with Crippen LogP contribution in [0.15, 0.2) is 24.3 Å². The van der Waals surface area contributed by atoms with Gasteiger partial charge in [0.2, 0.25) is 0 Å². The average Bonchev–Trinajstić information content (AvgIpc) is 2.18. The molecular weight excluding hydrogens is 190 g/mol. The van der Waals surface area contributed by atoms with Crippen molar-refractivity contribution < 1.29 is 9.90 Å². The Balaban J connectivity index is 2.67. The highest BCUT2D eigenvalue weighted by atomic mass is 16.3. The molecule has 1 unspecified atom stereocenters. The highest BCUT2D eigenvalue weighted by molar-refractivity contribution is 5.96. The first-order valence-corrected chi connectivity index (χ1v) is 5.13. The van der Waals surface area contributed by atoms with Gasteiger partial charge in [-0.1, -0.05) is 24.3 Å². The van der Waals surface area contributed by atoms with Gasteiger partial charge in [0.05, 0.1) is 6.10 Å². The lowest BCUT2D eigenvalue weighted by Gasteiger charge is -2.05. The second-order valence-electron chi connectivity index (χ2n) is 3.71. The fraction of sp³-hybridized carbons (Fsp3) is 0.417. The predicted molar refractivity (Wildman–Crippen MR) is 59.8 cm³/mol. The van der Waals surface area contributed by atoms with Crippen molar-refractivity contribution in [2.45, 2.75) is 25.9 Å². The van der Waals surface area contributed by atoms with Crippen molar-refractivity contribution in [2.75, 3.05) is 6.54 Å². The standard InChI is InChI=1S/C12H17NO2/c1-9(14)8-10-2-4-11(5-3-10)12(15)6-7-13/h2-5,9,14H,6-8,13H2,1H3. The third-order valence-corrected chi connectivity index (χ3v) is 2.18. The number of aliphatic hydroxyl groups excluding tert-OH is 1. The van der Waals surface area contributed by atoms with Crippen molar-refractivity contribution in [2.24, 2.45) is 5.73 Å². The molecule has 0 bridgehead atoms. The monoisotopic (exact) mass is 207 g/mol. The maximum Gasteiger partial charge on any atom is 0.164 e. The summed E-state index contributed by atoms with van der Waals surface area (Å²) in [5.74, 6) is 0.0705. The van der Waals surface area contributed by atoms with Gasteiger partial charge in [0.15, 0.2) is 5.78 Å². The number of benzene rings is 1. The summed E-state index contributed by atoms with van der Waals surface area (Å²) in [5.41, 5.74) is 7.03. The molecule has 0 heterocycles. The summed E-state index contributed by atoms with van der Waals surface area (Å²) in [6.07, 6.45) is 0.650. The number of hydrogen-bond donors (Lipinski definition) is 2. The first-order valence-electron chi connectivity index (χ1n) is 5.13. The summed E-state index contributed by atoms with van der Waals surface area (Å²) in [4.78, 5) is 11.4. The Hall–Kier alpha value is -1.19. The molecule has 3 heteroatoms. The van der Waals surface area contributed by atoms with Gasteiger partial charge in [0.1, 0.15) is 0 Å². The molecule has 1 aromatic carbocycles. The maximum atomic E-state index is 11.4. The third-order valence-electron chi connectivity index (χ3n) is 2.18. The SMILES string of the molecule is CC(O)Cc1ccc(C(=O)CCN)cc1. The molecule has 0 spiro atoms. The highest BCUT2D eigenvalue weighted by Gasteiger charge is 2.04. The van der Waals surface area contributed by atoms with Gasteiger partial charge in [-0.2, -0.15) is 0 Å². The Kier molecular flexibility index (Phi) is 4.46. The minimum Gasteiger partial charge on any atom is -0.393 e. The van der Waals surface area contributed by atoms with E-state index >= 15 is 0 Å². The molecule has 0 amide bonds. The zero-order valence-corrected chi connectivity index (χ0v) is 8.94. The molecule has 3 nitrogen and oxygen atoms in total. The van der Waals surface area contributed by atoms with E-state index in [1.807, 2.05) is 12.1 Å². The van der Waals surface area contributed by atoms with E-state index in [1.54, 1.807) is 19.1 Å². The number of hydrogen-bond acceptors (Lipinski definition) is 3. The van der Waals surface area contributed by atoms with Crippen molar-refractivity contribution in [1.82, 2.24) is 0 Å². The van der Waals surface area contributed by atoms with E-state index in [9.17, 15) is 9.90 Å². The molecule has 82 valence electrons. The van der Waals surface area contributed by atoms with Crippen molar-refractivity contribution in [1.29, 1.82) is 0 Å². The zero-order valence-electron chi connectivity index (χ0n) is 8.94. The van der Waals surface area contributed by atoms with E-state index in [1.165, 1.54) is 0 Å². The van der Waals surface area contributed by atoms with E-state index in [0.717, 1.165) is 5.56 Å². The Morgan fingerprint density at radius 1 is 1.40 bits per heavy atom. The number of rotatable bonds is 5. The predicted octanol–water partition coefficient (Wildman–Crippen LogP) is 1.14. The van der Waals surface area contributed by atoms with Gasteiger partial charge in [-0.05, 0) is 25.5 Å². The fourth-order valence-corrected chi connectivity index (χ4v) is 1.44. The van der Waals surface area contributed by atoms with Gasteiger partial charge in [0.25, 0.3) is 0 Å². The summed E-state index contributed by atoms with van der Waals surface area (Å²) in [5, 5.41) is 9.19. The number of nitrogens with two attached hydrogens (primary N) is 1. The van der Waals surface area contributed by atoms with Crippen molar-refractivity contribution in [3.05, 3.63) is 35.4 Å². The molecule has 15 heavy (non-hydrogen) atoms. The number of ketones is 1. The summed E-state index contributed by atoms with van der Waals surface area (Å²) < 4.78 is 0. The largest absolute Gasteiger partial charge is 0.393 e. The van der Waals surface area contributed by atoms with Crippen molar-refractivity contribution in [3.63, 3.8) is 0 Å². The molecule has 0 aliphatic carbocycles. The van der Waals surface area contributed by atoms with E-state index in [4.69, 9.17) is 5.73 Å². The molecule has 0 aromatic heterocycles. The Labute approximate surface area is 89.9 Å². The van der Waals surface area contributed by atoms with Crippen molar-refractivity contribution >= 4 is 5.78 Å². The van der Waals surface area contributed by atoms with Crippen LogP contribution in [-0.2, 0) is 6.42 Å². The smallest absolute Gasteiger partial charge is 0.164 e. The molecule has 0 aliphatic heterocycles. The minimum absolute atomic E-state index is 0.0705. The van der Waals surface area contributed by atoms with Crippen LogP contribution in [0.3, 0.4) is 0 Å². The Morgan fingerprint density at radius 3 is 2.47 bits per heavy atom. The summed E-state index contributed by atoms with van der Waals surface area (Å²) >= 11 is 0. The fourth-order valence-electron chi connectivity index (χ4n) is 1.44. The topological polar surface area (TPSA) is 63.3 Å². The summed E-state index contributed by atoms with van der Waals surface area (Å²) in [7, 11) is 0. The molecule has 1 rings (SSSR count). The Morgan fingerprint density at radius 2 is 2.00 bits per heavy atom. The molecule has 0 saturated heterocycles. The van der Waals surface area contributed by atoms with Crippen molar-refractivity contribution in [3.8, 4) is 0 Å². The number of carbonyl (C=O) groups excluding carboxylic acids is 1.